The first-order valence-corrected chi connectivity index (χ1v) is 5.35. The van der Waals surface area contributed by atoms with Crippen LogP contribution < -0.4 is 11.2 Å². The Bertz CT molecular complexity index is 670. The topological polar surface area (TPSA) is 54.9 Å². The molecule has 0 aliphatic heterocycles. The summed E-state index contributed by atoms with van der Waals surface area (Å²) in [4.78, 5) is 26.2. The van der Waals surface area contributed by atoms with E-state index in [1.807, 2.05) is 0 Å². The molecule has 1 heterocycles. The van der Waals surface area contributed by atoms with Crippen LogP contribution in [0.1, 0.15) is 12.5 Å². The molecule has 1 N–H and O–H groups in total. The standard InChI is InChI=1S/C11H11ClN2O2/c1-3-14-10(15)9-6(2)4-7(12)5-8(9)13-11(14)16/h4-5H,3H2,1-2H3,(H,13,16). The molecule has 0 atom stereocenters. The molecule has 1 aromatic heterocycles. The molecule has 0 amide bonds. The van der Waals surface area contributed by atoms with Crippen molar-refractivity contribution in [2.24, 2.45) is 0 Å². The number of hydrogen-bond acceptors (Lipinski definition) is 2. The van der Waals surface area contributed by atoms with Crippen molar-refractivity contribution in [1.29, 1.82) is 0 Å². The van der Waals surface area contributed by atoms with Gasteiger partial charge < -0.3 is 4.98 Å². The van der Waals surface area contributed by atoms with E-state index in [2.05, 4.69) is 4.98 Å². The van der Waals surface area contributed by atoms with Gasteiger partial charge in [0.1, 0.15) is 0 Å². The molecular weight excluding hydrogens is 228 g/mol. The molecule has 0 bridgehead atoms. The fraction of sp³-hybridized carbons (Fsp3) is 0.273. The van der Waals surface area contributed by atoms with Crippen molar-refractivity contribution >= 4 is 22.5 Å². The summed E-state index contributed by atoms with van der Waals surface area (Å²) in [5, 5.41) is 1.03. The molecule has 0 saturated heterocycles. The van der Waals surface area contributed by atoms with Crippen molar-refractivity contribution in [3.8, 4) is 0 Å². The highest BCUT2D eigenvalue weighted by molar-refractivity contribution is 6.31. The molecular formula is C11H11ClN2O2. The van der Waals surface area contributed by atoms with Crippen LogP contribution in [0.2, 0.25) is 5.02 Å². The van der Waals surface area contributed by atoms with Crippen LogP contribution in [-0.4, -0.2) is 9.55 Å². The lowest BCUT2D eigenvalue weighted by Gasteiger charge is -2.06. The molecule has 2 aromatic rings. The van der Waals surface area contributed by atoms with Gasteiger partial charge in [0, 0.05) is 11.6 Å². The van der Waals surface area contributed by atoms with Gasteiger partial charge in [0.15, 0.2) is 0 Å². The summed E-state index contributed by atoms with van der Waals surface area (Å²) in [6.07, 6.45) is 0. The molecule has 0 fully saturated rings. The van der Waals surface area contributed by atoms with Crippen molar-refractivity contribution in [2.75, 3.05) is 0 Å². The smallest absolute Gasteiger partial charge is 0.307 e. The van der Waals surface area contributed by atoms with Gasteiger partial charge in [-0.1, -0.05) is 11.6 Å². The van der Waals surface area contributed by atoms with E-state index < -0.39 is 5.69 Å². The molecule has 0 spiro atoms. The third-order valence-corrected chi connectivity index (χ3v) is 2.78. The summed E-state index contributed by atoms with van der Waals surface area (Å²) in [5.41, 5.74) is 0.590. The molecule has 0 aliphatic rings. The molecule has 0 saturated carbocycles. The summed E-state index contributed by atoms with van der Waals surface area (Å²) >= 11 is 5.87. The van der Waals surface area contributed by atoms with Gasteiger partial charge in [-0.2, -0.15) is 0 Å². The maximum absolute atomic E-state index is 12.0. The van der Waals surface area contributed by atoms with Crippen LogP contribution in [-0.2, 0) is 6.54 Å². The Balaban J connectivity index is 3.06. The summed E-state index contributed by atoms with van der Waals surface area (Å²) in [5.74, 6) is 0. The van der Waals surface area contributed by atoms with E-state index in [1.165, 1.54) is 4.57 Å². The second-order valence-electron chi connectivity index (χ2n) is 3.62. The minimum atomic E-state index is -0.401. The number of aromatic amines is 1. The predicted octanol–water partition coefficient (Wildman–Crippen LogP) is 1.67. The second kappa shape index (κ2) is 3.79. The maximum atomic E-state index is 12.0. The highest BCUT2D eigenvalue weighted by Gasteiger charge is 2.09. The van der Waals surface area contributed by atoms with Crippen LogP contribution in [0, 0.1) is 6.92 Å². The van der Waals surface area contributed by atoms with Gasteiger partial charge in [-0.3, -0.25) is 9.36 Å². The fourth-order valence-corrected chi connectivity index (χ4v) is 2.10. The lowest BCUT2D eigenvalue weighted by molar-refractivity contribution is 0.684. The number of aryl methyl sites for hydroxylation is 1. The number of hydrogen-bond donors (Lipinski definition) is 1. The average molecular weight is 239 g/mol. The molecule has 5 heteroatoms. The number of benzene rings is 1. The minimum absolute atomic E-state index is 0.268. The Morgan fingerprint density at radius 3 is 2.69 bits per heavy atom. The summed E-state index contributed by atoms with van der Waals surface area (Å²) in [7, 11) is 0. The lowest BCUT2D eigenvalue weighted by atomic mass is 10.1. The maximum Gasteiger partial charge on any atom is 0.328 e. The van der Waals surface area contributed by atoms with Crippen LogP contribution in [0.25, 0.3) is 10.9 Å². The van der Waals surface area contributed by atoms with E-state index in [-0.39, 0.29) is 5.56 Å². The van der Waals surface area contributed by atoms with Crippen molar-refractivity contribution < 1.29 is 0 Å². The predicted molar refractivity (Wildman–Crippen MR) is 64.2 cm³/mol. The van der Waals surface area contributed by atoms with Crippen LogP contribution in [0.15, 0.2) is 21.7 Å². The number of H-pyrrole nitrogens is 1. The largest absolute Gasteiger partial charge is 0.328 e. The van der Waals surface area contributed by atoms with Gasteiger partial charge in [0.2, 0.25) is 0 Å². The zero-order valence-electron chi connectivity index (χ0n) is 9.00. The van der Waals surface area contributed by atoms with Crippen LogP contribution in [0.5, 0.6) is 0 Å². The molecule has 16 heavy (non-hydrogen) atoms. The van der Waals surface area contributed by atoms with Gasteiger partial charge in [0.25, 0.3) is 5.56 Å². The average Bonchev–Trinajstić information content (AvgIpc) is 2.15. The molecule has 0 radical (unpaired) electrons. The number of aromatic nitrogens is 2. The number of fused-ring (bicyclic) bond motifs is 1. The highest BCUT2D eigenvalue weighted by atomic mass is 35.5. The summed E-state index contributed by atoms with van der Waals surface area (Å²) in [6, 6.07) is 3.30. The second-order valence-corrected chi connectivity index (χ2v) is 4.06. The third kappa shape index (κ3) is 1.55. The first kappa shape index (κ1) is 11.0. The molecule has 2 rings (SSSR count). The van der Waals surface area contributed by atoms with Crippen LogP contribution >= 0.6 is 11.6 Å². The van der Waals surface area contributed by atoms with Gasteiger partial charge in [-0.15, -0.1) is 0 Å². The zero-order chi connectivity index (χ0) is 11.9. The monoisotopic (exact) mass is 238 g/mol. The zero-order valence-corrected chi connectivity index (χ0v) is 9.76. The number of nitrogens with zero attached hydrogens (tertiary/aromatic N) is 1. The molecule has 4 nitrogen and oxygen atoms in total. The Labute approximate surface area is 96.5 Å². The Kier molecular flexibility index (Phi) is 2.59. The quantitative estimate of drug-likeness (QED) is 0.822. The lowest BCUT2D eigenvalue weighted by Crippen LogP contribution is -2.34. The number of nitrogens with one attached hydrogen (secondary N) is 1. The van der Waals surface area contributed by atoms with E-state index in [0.29, 0.717) is 22.5 Å². The van der Waals surface area contributed by atoms with Crippen molar-refractivity contribution in [3.63, 3.8) is 0 Å². The van der Waals surface area contributed by atoms with Gasteiger partial charge >= 0.3 is 5.69 Å². The molecule has 0 aliphatic carbocycles. The van der Waals surface area contributed by atoms with Gasteiger partial charge in [-0.25, -0.2) is 4.79 Å². The third-order valence-electron chi connectivity index (χ3n) is 2.56. The van der Waals surface area contributed by atoms with E-state index in [0.717, 1.165) is 5.56 Å². The first-order valence-electron chi connectivity index (χ1n) is 4.97. The van der Waals surface area contributed by atoms with Crippen molar-refractivity contribution in [1.82, 2.24) is 9.55 Å². The van der Waals surface area contributed by atoms with Crippen LogP contribution in [0.4, 0.5) is 0 Å². The van der Waals surface area contributed by atoms with E-state index in [1.54, 1.807) is 26.0 Å². The Hall–Kier alpha value is -1.55. The number of rotatable bonds is 1. The van der Waals surface area contributed by atoms with E-state index >= 15 is 0 Å². The fourth-order valence-electron chi connectivity index (χ4n) is 1.82. The van der Waals surface area contributed by atoms with Gasteiger partial charge in [0.05, 0.1) is 10.9 Å². The van der Waals surface area contributed by atoms with Gasteiger partial charge in [-0.05, 0) is 31.5 Å². The Morgan fingerprint density at radius 2 is 2.06 bits per heavy atom. The van der Waals surface area contributed by atoms with Crippen LogP contribution in [0.3, 0.4) is 0 Å². The molecule has 1 aromatic carbocycles. The summed E-state index contributed by atoms with van der Waals surface area (Å²) in [6.45, 7) is 3.91. The summed E-state index contributed by atoms with van der Waals surface area (Å²) < 4.78 is 1.17. The molecule has 0 unspecified atom stereocenters. The van der Waals surface area contributed by atoms with Crippen molar-refractivity contribution in [3.05, 3.63) is 43.6 Å². The SMILES string of the molecule is CCn1c(=O)[nH]c2cc(Cl)cc(C)c2c1=O. The van der Waals surface area contributed by atoms with Crippen molar-refractivity contribution in [2.45, 2.75) is 20.4 Å². The first-order chi connectivity index (χ1) is 7.54. The number of halogens is 1. The normalized spacial score (nSPS) is 10.9. The van der Waals surface area contributed by atoms with E-state index in [4.69, 9.17) is 11.6 Å². The molecule has 84 valence electrons. The Morgan fingerprint density at radius 1 is 1.38 bits per heavy atom. The van der Waals surface area contributed by atoms with E-state index in [9.17, 15) is 9.59 Å². The highest BCUT2D eigenvalue weighted by Crippen LogP contribution is 2.18. The minimum Gasteiger partial charge on any atom is -0.307 e.